The molecule has 2 aromatic carbocycles. The van der Waals surface area contributed by atoms with Crippen LogP contribution in [0.2, 0.25) is 5.02 Å². The molecule has 5 aromatic rings. The minimum atomic E-state index is 0.448. The lowest BCUT2D eigenvalue weighted by Gasteiger charge is -2.12. The molecule has 0 spiro atoms. The van der Waals surface area contributed by atoms with E-state index in [1.807, 2.05) is 30.3 Å². The van der Waals surface area contributed by atoms with Crippen molar-refractivity contribution in [2.45, 2.75) is 6.54 Å². The van der Waals surface area contributed by atoms with E-state index in [2.05, 4.69) is 38.0 Å². The molecule has 28 heavy (non-hydrogen) atoms. The quantitative estimate of drug-likeness (QED) is 0.386. The number of aromatic amines is 1. The van der Waals surface area contributed by atoms with E-state index in [-0.39, 0.29) is 0 Å². The van der Waals surface area contributed by atoms with Gasteiger partial charge in [0, 0.05) is 22.9 Å². The van der Waals surface area contributed by atoms with Crippen molar-refractivity contribution in [1.29, 1.82) is 0 Å². The Morgan fingerprint density at radius 3 is 2.86 bits per heavy atom. The molecule has 0 fully saturated rings. The molecule has 0 saturated heterocycles. The number of para-hydroxylation sites is 1. The van der Waals surface area contributed by atoms with Gasteiger partial charge in [-0.2, -0.15) is 5.10 Å². The average molecular weight is 407 g/mol. The molecule has 0 atom stereocenters. The number of pyridine rings is 1. The van der Waals surface area contributed by atoms with E-state index >= 15 is 0 Å². The molecule has 0 bridgehead atoms. The number of anilines is 2. The molecule has 3 aromatic heterocycles. The van der Waals surface area contributed by atoms with Crippen LogP contribution in [0.5, 0.6) is 0 Å². The van der Waals surface area contributed by atoms with Gasteiger partial charge in [0.2, 0.25) is 0 Å². The number of fused-ring (bicyclic) bond motifs is 3. The van der Waals surface area contributed by atoms with Crippen LogP contribution in [0.3, 0.4) is 0 Å². The molecule has 0 saturated carbocycles. The Morgan fingerprint density at radius 1 is 1.14 bits per heavy atom. The third-order valence-corrected chi connectivity index (χ3v) is 5.86. The topological polar surface area (TPSA) is 92.5 Å². The molecule has 3 heterocycles. The molecule has 5 rings (SSSR count). The van der Waals surface area contributed by atoms with Gasteiger partial charge in [-0.25, -0.2) is 9.97 Å². The van der Waals surface area contributed by atoms with Crippen LogP contribution in [-0.4, -0.2) is 20.2 Å². The van der Waals surface area contributed by atoms with Crippen molar-refractivity contribution >= 4 is 55.4 Å². The number of benzene rings is 2. The summed E-state index contributed by atoms with van der Waals surface area (Å²) in [6.45, 7) is 0.448. The Labute approximate surface area is 169 Å². The van der Waals surface area contributed by atoms with Crippen molar-refractivity contribution in [2.75, 3.05) is 5.32 Å². The van der Waals surface area contributed by atoms with Crippen LogP contribution in [0.1, 0.15) is 5.56 Å². The molecule has 0 unspecified atom stereocenters. The van der Waals surface area contributed by atoms with Crippen molar-refractivity contribution in [2.24, 2.45) is 5.73 Å². The molecule has 0 aliphatic carbocycles. The van der Waals surface area contributed by atoms with E-state index in [1.165, 1.54) is 6.33 Å². The van der Waals surface area contributed by atoms with Crippen LogP contribution in [0.25, 0.3) is 32.4 Å². The highest BCUT2D eigenvalue weighted by Gasteiger charge is 2.15. The number of H-pyrrole nitrogens is 1. The highest BCUT2D eigenvalue weighted by molar-refractivity contribution is 7.18. The number of halogens is 1. The number of nitrogens with one attached hydrogen (secondary N) is 2. The molecule has 0 aliphatic rings. The monoisotopic (exact) mass is 406 g/mol. The maximum atomic E-state index is 6.45. The third kappa shape index (κ3) is 2.80. The van der Waals surface area contributed by atoms with Gasteiger partial charge in [-0.05, 0) is 35.2 Å². The highest BCUT2D eigenvalue weighted by Crippen LogP contribution is 2.38. The van der Waals surface area contributed by atoms with E-state index in [4.69, 9.17) is 22.3 Å². The van der Waals surface area contributed by atoms with Gasteiger partial charge < -0.3 is 11.1 Å². The van der Waals surface area contributed by atoms with Crippen molar-refractivity contribution in [3.05, 3.63) is 64.8 Å². The van der Waals surface area contributed by atoms with E-state index in [1.54, 1.807) is 11.3 Å². The largest absolute Gasteiger partial charge is 0.338 e. The van der Waals surface area contributed by atoms with Crippen molar-refractivity contribution in [1.82, 2.24) is 20.2 Å². The molecule has 0 radical (unpaired) electrons. The van der Waals surface area contributed by atoms with Gasteiger partial charge in [0.05, 0.1) is 20.9 Å². The molecule has 0 aliphatic heterocycles. The molecular weight excluding hydrogens is 392 g/mol. The van der Waals surface area contributed by atoms with Crippen LogP contribution < -0.4 is 11.1 Å². The summed E-state index contributed by atoms with van der Waals surface area (Å²) in [4.78, 5) is 9.23. The fourth-order valence-electron chi connectivity index (χ4n) is 3.27. The SMILES string of the molecule is NCc1ccc(Nc2nc3c(-c4ncn[nH]4)cccc3c3ccsc23)c(Cl)c1. The number of aromatic nitrogens is 4. The van der Waals surface area contributed by atoms with Crippen LogP contribution >= 0.6 is 22.9 Å². The molecule has 6 nitrogen and oxygen atoms in total. The smallest absolute Gasteiger partial charge is 0.157 e. The van der Waals surface area contributed by atoms with Crippen LogP contribution in [-0.2, 0) is 6.54 Å². The zero-order valence-electron chi connectivity index (χ0n) is 14.6. The normalized spacial score (nSPS) is 11.4. The summed E-state index contributed by atoms with van der Waals surface area (Å²) in [7, 11) is 0. The first-order valence-electron chi connectivity index (χ1n) is 8.66. The predicted octanol–water partition coefficient (Wildman–Crippen LogP) is 5.09. The third-order valence-electron chi connectivity index (χ3n) is 4.62. The Balaban J connectivity index is 1.72. The summed E-state index contributed by atoms with van der Waals surface area (Å²) in [5, 5.41) is 15.2. The predicted molar refractivity (Wildman–Crippen MR) is 115 cm³/mol. The van der Waals surface area contributed by atoms with Gasteiger partial charge >= 0.3 is 0 Å². The van der Waals surface area contributed by atoms with Crippen molar-refractivity contribution in [3.8, 4) is 11.4 Å². The first-order valence-corrected chi connectivity index (χ1v) is 9.91. The molecule has 138 valence electrons. The Hall–Kier alpha value is -3.00. The summed E-state index contributed by atoms with van der Waals surface area (Å²) in [5.41, 5.74) is 9.22. The van der Waals surface area contributed by atoms with E-state index in [0.29, 0.717) is 17.4 Å². The van der Waals surface area contributed by atoms with Gasteiger partial charge in [-0.1, -0.05) is 29.8 Å². The minimum absolute atomic E-state index is 0.448. The molecule has 4 N–H and O–H groups in total. The number of thiophene rings is 1. The fourth-order valence-corrected chi connectivity index (χ4v) is 4.38. The van der Waals surface area contributed by atoms with Crippen LogP contribution in [0, 0.1) is 0 Å². The number of hydrogen-bond donors (Lipinski definition) is 3. The number of rotatable bonds is 4. The Morgan fingerprint density at radius 2 is 2.07 bits per heavy atom. The van der Waals surface area contributed by atoms with Gasteiger partial charge in [-0.3, -0.25) is 5.10 Å². The summed E-state index contributed by atoms with van der Waals surface area (Å²) < 4.78 is 1.07. The number of nitrogens with two attached hydrogens (primary N) is 1. The number of hydrogen-bond acceptors (Lipinski definition) is 6. The molecule has 8 heteroatoms. The minimum Gasteiger partial charge on any atom is -0.338 e. The van der Waals surface area contributed by atoms with Gasteiger partial charge in [0.25, 0.3) is 0 Å². The highest BCUT2D eigenvalue weighted by atomic mass is 35.5. The first kappa shape index (κ1) is 17.1. The lowest BCUT2D eigenvalue weighted by Crippen LogP contribution is -1.99. The summed E-state index contributed by atoms with van der Waals surface area (Å²) in [6.07, 6.45) is 1.50. The molecule has 0 amide bonds. The first-order chi connectivity index (χ1) is 13.7. The molecular formula is C20H15ClN6S. The summed E-state index contributed by atoms with van der Waals surface area (Å²) >= 11 is 8.09. The van der Waals surface area contributed by atoms with Gasteiger partial charge in [0.15, 0.2) is 5.82 Å². The maximum absolute atomic E-state index is 6.45. The van der Waals surface area contributed by atoms with Crippen LogP contribution in [0.4, 0.5) is 11.5 Å². The zero-order chi connectivity index (χ0) is 19.1. The second-order valence-corrected chi connectivity index (χ2v) is 7.63. The second-order valence-electron chi connectivity index (χ2n) is 6.30. The number of nitrogens with zero attached hydrogens (tertiary/aromatic N) is 3. The summed E-state index contributed by atoms with van der Waals surface area (Å²) in [6, 6.07) is 13.9. The standard InChI is InChI=1S/C20H15ClN6S/c21-15-8-11(9-22)4-5-16(15)25-20-18-13(6-7-28-18)12-2-1-3-14(17(12)26-20)19-23-10-24-27-19/h1-8,10H,9,22H2,(H,25,26)(H,23,24,27). The maximum Gasteiger partial charge on any atom is 0.157 e. The van der Waals surface area contributed by atoms with E-state index < -0.39 is 0 Å². The van der Waals surface area contributed by atoms with Crippen molar-refractivity contribution in [3.63, 3.8) is 0 Å². The fraction of sp³-hybridized carbons (Fsp3) is 0.0500. The van der Waals surface area contributed by atoms with Crippen molar-refractivity contribution < 1.29 is 0 Å². The lowest BCUT2D eigenvalue weighted by atomic mass is 10.1. The van der Waals surface area contributed by atoms with Gasteiger partial charge in [0.1, 0.15) is 12.1 Å². The van der Waals surface area contributed by atoms with E-state index in [0.717, 1.165) is 43.6 Å². The lowest BCUT2D eigenvalue weighted by molar-refractivity contribution is 1.07. The Bertz CT molecular complexity index is 1300. The zero-order valence-corrected chi connectivity index (χ0v) is 16.2. The van der Waals surface area contributed by atoms with E-state index in [9.17, 15) is 0 Å². The average Bonchev–Trinajstić information content (AvgIpc) is 3.41. The van der Waals surface area contributed by atoms with Crippen LogP contribution in [0.15, 0.2) is 54.2 Å². The summed E-state index contributed by atoms with van der Waals surface area (Å²) in [5.74, 6) is 1.44. The second kappa shape index (κ2) is 6.87. The van der Waals surface area contributed by atoms with Gasteiger partial charge in [-0.15, -0.1) is 11.3 Å². The Kier molecular flexibility index (Phi) is 4.20.